The van der Waals surface area contributed by atoms with Crippen LogP contribution in [0, 0.1) is 23.6 Å². The van der Waals surface area contributed by atoms with Crippen LogP contribution in [0.3, 0.4) is 0 Å². The summed E-state index contributed by atoms with van der Waals surface area (Å²) in [5.41, 5.74) is 4.08. The smallest absolute Gasteiger partial charge is 0.245 e. The normalized spacial score (nSPS) is 27.0. The fourth-order valence-corrected chi connectivity index (χ4v) is 6.24. The lowest BCUT2D eigenvalue weighted by molar-refractivity contribution is -0.117. The average molecular weight is 520 g/mol. The fourth-order valence-electron chi connectivity index (χ4n) is 6.24. The van der Waals surface area contributed by atoms with Crippen molar-refractivity contribution in [2.75, 3.05) is 45.2 Å². The van der Waals surface area contributed by atoms with Gasteiger partial charge in [0.2, 0.25) is 5.91 Å². The van der Waals surface area contributed by atoms with Crippen molar-refractivity contribution < 1.29 is 18.7 Å². The highest BCUT2D eigenvalue weighted by atomic mass is 19.1. The molecule has 1 aromatic carbocycles. The molecule has 3 N–H and O–H groups in total. The van der Waals surface area contributed by atoms with Crippen molar-refractivity contribution in [3.05, 3.63) is 65.5 Å². The van der Waals surface area contributed by atoms with Crippen LogP contribution in [-0.2, 0) is 4.79 Å². The van der Waals surface area contributed by atoms with E-state index in [1.807, 2.05) is 12.1 Å². The highest BCUT2D eigenvalue weighted by Gasteiger charge is 2.35. The second kappa shape index (κ2) is 10.6. The standard InChI is InChI=1S/C29H34FN5O3/c1-37-29-22(30)6-4-7-23(29)33-27-20-11-18-15-35(16-20)10-3-2-5-19-13-32-26(36)12-24(19)34-28(27)21-8-9-31-14-25(21)38-17-18/h4,6-9,12,14,18-20,33-34H,2-3,5,10-11,13,15-17H2,1H3,(H,32,36). The molecule has 2 aromatic rings. The molecule has 0 radical (unpaired) electrons. The Morgan fingerprint density at radius 3 is 3.03 bits per heavy atom. The van der Waals surface area contributed by atoms with Crippen LogP contribution in [0.15, 0.2) is 54.1 Å². The highest BCUT2D eigenvalue weighted by Crippen LogP contribution is 2.40. The van der Waals surface area contributed by atoms with Gasteiger partial charge in [-0.05, 0) is 44.0 Å². The van der Waals surface area contributed by atoms with Crippen LogP contribution >= 0.6 is 0 Å². The number of carbonyl (C=O) groups is 1. The topological polar surface area (TPSA) is 87.8 Å². The Kier molecular flexibility index (Phi) is 6.93. The summed E-state index contributed by atoms with van der Waals surface area (Å²) in [6, 6.07) is 6.86. The van der Waals surface area contributed by atoms with Crippen LogP contribution in [0.25, 0.3) is 5.70 Å². The molecule has 38 heavy (non-hydrogen) atoms. The summed E-state index contributed by atoms with van der Waals surface area (Å²) in [6.45, 7) is 4.07. The number of para-hydroxylation sites is 1. The van der Waals surface area contributed by atoms with E-state index in [9.17, 15) is 9.18 Å². The number of rotatable bonds is 3. The maximum atomic E-state index is 14.8. The van der Waals surface area contributed by atoms with Crippen molar-refractivity contribution >= 4 is 17.3 Å². The predicted molar refractivity (Wildman–Crippen MR) is 143 cm³/mol. The minimum Gasteiger partial charge on any atom is -0.492 e. The number of nitrogens with one attached hydrogen (secondary N) is 3. The number of halogens is 1. The van der Waals surface area contributed by atoms with Crippen molar-refractivity contribution in [3.63, 3.8) is 0 Å². The van der Waals surface area contributed by atoms with Crippen molar-refractivity contribution in [2.45, 2.75) is 25.7 Å². The first-order chi connectivity index (χ1) is 18.6. The Bertz CT molecular complexity index is 1280. The SMILES string of the molecule is COc1c(F)cccc1NC1=C2NC3=CC(=O)NCC3CCCCN3CC(COc4cnccc42)CC1C3. The van der Waals surface area contributed by atoms with Crippen LogP contribution < -0.4 is 25.4 Å². The molecule has 200 valence electrons. The number of methoxy groups -OCH3 is 1. The second-order valence-corrected chi connectivity index (χ2v) is 10.6. The first-order valence-electron chi connectivity index (χ1n) is 13.5. The van der Waals surface area contributed by atoms with E-state index in [1.54, 1.807) is 24.5 Å². The van der Waals surface area contributed by atoms with Crippen LogP contribution in [0.5, 0.6) is 11.5 Å². The summed E-state index contributed by atoms with van der Waals surface area (Å²) < 4.78 is 26.6. The Balaban J connectivity index is 1.57. The first-order valence-corrected chi connectivity index (χ1v) is 13.5. The van der Waals surface area contributed by atoms with Gasteiger partial charge in [-0.3, -0.25) is 9.78 Å². The first kappa shape index (κ1) is 24.7. The molecule has 4 atom stereocenters. The van der Waals surface area contributed by atoms with E-state index in [-0.39, 0.29) is 23.5 Å². The van der Waals surface area contributed by atoms with Crippen molar-refractivity contribution in [1.29, 1.82) is 0 Å². The third kappa shape index (κ3) is 4.95. The van der Waals surface area contributed by atoms with Gasteiger partial charge in [-0.15, -0.1) is 0 Å². The molecule has 4 aliphatic heterocycles. The van der Waals surface area contributed by atoms with E-state index in [2.05, 4.69) is 25.8 Å². The zero-order chi connectivity index (χ0) is 26.1. The summed E-state index contributed by atoms with van der Waals surface area (Å²) in [6.07, 6.45) is 9.27. The molecular formula is C29H34FN5O3. The Morgan fingerprint density at radius 1 is 1.21 bits per heavy atom. The number of carbonyl (C=O) groups excluding carboxylic acids is 1. The van der Waals surface area contributed by atoms with Gasteiger partial charge in [0, 0.05) is 66.6 Å². The maximum absolute atomic E-state index is 14.8. The number of benzene rings is 1. The van der Waals surface area contributed by atoms with Gasteiger partial charge in [0.1, 0.15) is 5.75 Å². The highest BCUT2D eigenvalue weighted by molar-refractivity contribution is 5.90. The largest absolute Gasteiger partial charge is 0.492 e. The van der Waals surface area contributed by atoms with E-state index < -0.39 is 5.82 Å². The van der Waals surface area contributed by atoms with Crippen LogP contribution in [-0.4, -0.2) is 55.7 Å². The summed E-state index contributed by atoms with van der Waals surface area (Å²) >= 11 is 0. The van der Waals surface area contributed by atoms with Crippen LogP contribution in [0.1, 0.15) is 31.2 Å². The van der Waals surface area contributed by atoms with Gasteiger partial charge in [-0.1, -0.05) is 12.5 Å². The minimum absolute atomic E-state index is 0.101. The van der Waals surface area contributed by atoms with Crippen LogP contribution in [0.4, 0.5) is 10.1 Å². The number of hydrogen-bond donors (Lipinski definition) is 3. The lowest BCUT2D eigenvalue weighted by atomic mass is 9.85. The van der Waals surface area contributed by atoms with Crippen molar-refractivity contribution in [2.24, 2.45) is 17.8 Å². The lowest BCUT2D eigenvalue weighted by Gasteiger charge is -2.40. The summed E-state index contributed by atoms with van der Waals surface area (Å²) in [4.78, 5) is 19.4. The molecule has 0 saturated carbocycles. The molecule has 8 nitrogen and oxygen atoms in total. The molecule has 0 aliphatic carbocycles. The van der Waals surface area contributed by atoms with Gasteiger partial charge in [-0.2, -0.15) is 0 Å². The Labute approximate surface area is 222 Å². The number of aromatic nitrogens is 1. The Hall–Kier alpha value is -3.59. The molecule has 0 spiro atoms. The second-order valence-electron chi connectivity index (χ2n) is 10.6. The quantitative estimate of drug-likeness (QED) is 0.570. The van der Waals surface area contributed by atoms with E-state index in [0.29, 0.717) is 30.5 Å². The van der Waals surface area contributed by atoms with E-state index in [0.717, 1.165) is 68.0 Å². The van der Waals surface area contributed by atoms with E-state index >= 15 is 0 Å². The fraction of sp³-hybridized carbons (Fsp3) is 0.448. The molecule has 1 saturated heterocycles. The number of ether oxygens (including phenoxy) is 2. The molecular weight excluding hydrogens is 485 g/mol. The molecule has 4 unspecified atom stereocenters. The zero-order valence-electron chi connectivity index (χ0n) is 21.6. The van der Waals surface area contributed by atoms with E-state index in [4.69, 9.17) is 9.47 Å². The maximum Gasteiger partial charge on any atom is 0.245 e. The van der Waals surface area contributed by atoms with Gasteiger partial charge in [0.25, 0.3) is 0 Å². The number of nitrogens with zero attached hydrogens (tertiary/aromatic N) is 2. The van der Waals surface area contributed by atoms with Gasteiger partial charge in [0.05, 0.1) is 31.3 Å². The number of fused-ring (bicyclic) bond motifs is 5. The monoisotopic (exact) mass is 519 g/mol. The third-order valence-electron chi connectivity index (χ3n) is 8.05. The number of amides is 1. The zero-order valence-corrected chi connectivity index (χ0v) is 21.6. The van der Waals surface area contributed by atoms with E-state index in [1.165, 1.54) is 13.2 Å². The van der Waals surface area contributed by atoms with Gasteiger partial charge < -0.3 is 30.3 Å². The van der Waals surface area contributed by atoms with Crippen LogP contribution in [0.2, 0.25) is 0 Å². The molecule has 4 aliphatic rings. The number of piperidine rings is 1. The summed E-state index contributed by atoms with van der Waals surface area (Å²) in [5, 5.41) is 10.3. The molecule has 9 heteroatoms. The van der Waals surface area contributed by atoms with Gasteiger partial charge in [-0.25, -0.2) is 4.39 Å². The van der Waals surface area contributed by atoms with Crippen molar-refractivity contribution in [3.8, 4) is 11.5 Å². The molecule has 6 rings (SSSR count). The molecule has 4 bridgehead atoms. The lowest BCUT2D eigenvalue weighted by Crippen LogP contribution is -2.45. The number of anilines is 1. The number of pyridine rings is 1. The average Bonchev–Trinajstić information content (AvgIpc) is 2.95. The minimum atomic E-state index is -0.423. The summed E-state index contributed by atoms with van der Waals surface area (Å²) in [5.74, 6) is 0.970. The Morgan fingerprint density at radius 2 is 2.13 bits per heavy atom. The molecule has 1 aromatic heterocycles. The molecule has 5 heterocycles. The number of hydrogen-bond acceptors (Lipinski definition) is 7. The van der Waals surface area contributed by atoms with Crippen molar-refractivity contribution in [1.82, 2.24) is 20.5 Å². The molecule has 1 amide bonds. The van der Waals surface area contributed by atoms with Gasteiger partial charge >= 0.3 is 0 Å². The summed E-state index contributed by atoms with van der Waals surface area (Å²) in [7, 11) is 1.48. The predicted octanol–water partition coefficient (Wildman–Crippen LogP) is 3.74. The third-order valence-corrected chi connectivity index (χ3v) is 8.05. The van der Waals surface area contributed by atoms with Gasteiger partial charge in [0.15, 0.2) is 11.6 Å². The molecule has 1 fully saturated rings.